The first-order chi connectivity index (χ1) is 9.49. The minimum atomic E-state index is -1.26. The van der Waals surface area contributed by atoms with Gasteiger partial charge in [-0.3, -0.25) is 9.00 Å². The van der Waals surface area contributed by atoms with Gasteiger partial charge in [-0.15, -0.1) is 0 Å². The molecule has 1 fully saturated rings. The van der Waals surface area contributed by atoms with Gasteiger partial charge in [-0.2, -0.15) is 0 Å². The summed E-state index contributed by atoms with van der Waals surface area (Å²) in [5.41, 5.74) is 1.60. The van der Waals surface area contributed by atoms with Crippen LogP contribution < -0.4 is 5.32 Å². The van der Waals surface area contributed by atoms with Crippen LogP contribution in [0.1, 0.15) is 49.6 Å². The Balaban J connectivity index is 1.92. The molecule has 0 saturated heterocycles. The quantitative estimate of drug-likeness (QED) is 0.902. The van der Waals surface area contributed by atoms with Crippen molar-refractivity contribution in [1.29, 1.82) is 0 Å². The maximum Gasteiger partial charge on any atom is 0.235 e. The third-order valence-corrected chi connectivity index (χ3v) is 5.51. The van der Waals surface area contributed by atoms with Crippen LogP contribution in [0.25, 0.3) is 0 Å². The summed E-state index contributed by atoms with van der Waals surface area (Å²) >= 11 is 0. The molecule has 1 aromatic heterocycles. The molecule has 1 aromatic rings. The van der Waals surface area contributed by atoms with E-state index in [9.17, 15) is 9.00 Å². The number of aryl methyl sites for hydroxylation is 2. The van der Waals surface area contributed by atoms with E-state index in [2.05, 4.69) is 10.5 Å². The average Bonchev–Trinajstić information content (AvgIpc) is 3.02. The van der Waals surface area contributed by atoms with E-state index in [1.54, 1.807) is 13.8 Å². The molecule has 112 valence electrons. The van der Waals surface area contributed by atoms with Crippen LogP contribution in [-0.2, 0) is 21.3 Å². The van der Waals surface area contributed by atoms with Gasteiger partial charge < -0.3 is 9.84 Å². The van der Waals surface area contributed by atoms with Crippen LogP contribution in [0.3, 0.4) is 0 Å². The molecule has 0 radical (unpaired) electrons. The van der Waals surface area contributed by atoms with Crippen molar-refractivity contribution in [3.63, 3.8) is 0 Å². The topological polar surface area (TPSA) is 72.2 Å². The molecule has 0 unspecified atom stereocenters. The third kappa shape index (κ3) is 3.48. The van der Waals surface area contributed by atoms with Crippen LogP contribution in [-0.4, -0.2) is 26.6 Å². The fraction of sp³-hybridized carbons (Fsp3) is 0.714. The Labute approximate surface area is 121 Å². The number of amides is 1. The largest absolute Gasteiger partial charge is 0.361 e. The zero-order chi connectivity index (χ0) is 14.7. The van der Waals surface area contributed by atoms with Crippen LogP contribution in [0, 0.1) is 13.8 Å². The molecule has 0 bridgehead atoms. The first kappa shape index (κ1) is 15.2. The van der Waals surface area contributed by atoms with Crippen LogP contribution in [0.2, 0.25) is 0 Å². The lowest BCUT2D eigenvalue weighted by molar-refractivity contribution is -0.121. The number of hydrogen-bond donors (Lipinski definition) is 1. The highest BCUT2D eigenvalue weighted by atomic mass is 32.2. The lowest BCUT2D eigenvalue weighted by Crippen LogP contribution is -2.41. The van der Waals surface area contributed by atoms with E-state index in [4.69, 9.17) is 4.52 Å². The molecular weight excluding hydrogens is 276 g/mol. The second kappa shape index (κ2) is 6.52. The zero-order valence-electron chi connectivity index (χ0n) is 12.3. The normalized spacial score (nSPS) is 18.9. The molecular formula is C14H22N2O3S. The van der Waals surface area contributed by atoms with Gasteiger partial charge in [0.1, 0.15) is 11.0 Å². The lowest BCUT2D eigenvalue weighted by atomic mass is 10.2. The highest BCUT2D eigenvalue weighted by molar-refractivity contribution is 7.85. The Morgan fingerprint density at radius 2 is 2.10 bits per heavy atom. The molecule has 0 aliphatic heterocycles. The second-order valence-electron chi connectivity index (χ2n) is 5.46. The van der Waals surface area contributed by atoms with Crippen molar-refractivity contribution >= 4 is 16.7 Å². The van der Waals surface area contributed by atoms with E-state index in [1.165, 1.54) is 12.8 Å². The average molecular weight is 298 g/mol. The Hall–Kier alpha value is -1.17. The van der Waals surface area contributed by atoms with Crippen LogP contribution >= 0.6 is 0 Å². The maximum absolute atomic E-state index is 12.3. The summed E-state index contributed by atoms with van der Waals surface area (Å²) in [5, 5.41) is 6.33. The van der Waals surface area contributed by atoms with Gasteiger partial charge in [-0.25, -0.2) is 0 Å². The van der Waals surface area contributed by atoms with Gasteiger partial charge in [-0.05, 0) is 33.6 Å². The molecule has 20 heavy (non-hydrogen) atoms. The van der Waals surface area contributed by atoms with Crippen molar-refractivity contribution in [3.05, 3.63) is 17.0 Å². The van der Waals surface area contributed by atoms with E-state index in [-0.39, 0.29) is 11.9 Å². The fourth-order valence-corrected chi connectivity index (χ4v) is 3.74. The number of nitrogens with zero attached hydrogens (tertiary/aromatic N) is 1. The number of rotatable bonds is 5. The first-order valence-electron chi connectivity index (χ1n) is 7.08. The predicted molar refractivity (Wildman–Crippen MR) is 77.7 cm³/mol. The van der Waals surface area contributed by atoms with Gasteiger partial charge in [0.05, 0.1) is 11.4 Å². The van der Waals surface area contributed by atoms with Crippen molar-refractivity contribution in [2.24, 2.45) is 0 Å². The van der Waals surface area contributed by atoms with Gasteiger partial charge in [0.2, 0.25) is 5.91 Å². The van der Waals surface area contributed by atoms with E-state index < -0.39 is 16.0 Å². The van der Waals surface area contributed by atoms with E-state index >= 15 is 0 Å². The molecule has 1 saturated carbocycles. The minimum absolute atomic E-state index is 0.109. The molecule has 0 aromatic carbocycles. The Kier molecular flexibility index (Phi) is 4.96. The smallest absolute Gasteiger partial charge is 0.235 e. The highest BCUT2D eigenvalue weighted by Crippen LogP contribution is 2.19. The second-order valence-corrected chi connectivity index (χ2v) is 7.22. The zero-order valence-corrected chi connectivity index (χ0v) is 13.1. The standard InChI is InChI=1S/C14H22N2O3S/c1-9-13(10(2)19-16-9)8-20(18)11(3)14(17)15-12-6-4-5-7-12/h11-12H,4-8H2,1-3H3,(H,15,17)/t11-,20-/m0/s1. The van der Waals surface area contributed by atoms with Crippen LogP contribution in [0.4, 0.5) is 0 Å². The van der Waals surface area contributed by atoms with Crippen LogP contribution in [0.15, 0.2) is 4.52 Å². The summed E-state index contributed by atoms with van der Waals surface area (Å²) in [5.74, 6) is 0.890. The monoisotopic (exact) mass is 298 g/mol. The third-order valence-electron chi connectivity index (χ3n) is 3.93. The van der Waals surface area contributed by atoms with Gasteiger partial charge in [0.25, 0.3) is 0 Å². The number of nitrogens with one attached hydrogen (secondary N) is 1. The molecule has 2 atom stereocenters. The van der Waals surface area contributed by atoms with Crippen molar-refractivity contribution in [1.82, 2.24) is 10.5 Å². The van der Waals surface area contributed by atoms with Gasteiger partial charge in [0.15, 0.2) is 0 Å². The van der Waals surface area contributed by atoms with Crippen LogP contribution in [0.5, 0.6) is 0 Å². The summed E-state index contributed by atoms with van der Waals surface area (Å²) in [6, 6.07) is 0.265. The minimum Gasteiger partial charge on any atom is -0.361 e. The van der Waals surface area contributed by atoms with E-state index in [0.717, 1.165) is 24.1 Å². The van der Waals surface area contributed by atoms with E-state index in [0.29, 0.717) is 11.5 Å². The SMILES string of the molecule is Cc1noc(C)c1C[S@](=O)[C@@H](C)C(=O)NC1CCCC1. The fourth-order valence-electron chi connectivity index (χ4n) is 2.48. The number of carbonyl (C=O) groups excluding carboxylic acids is 1. The van der Waals surface area contributed by atoms with Gasteiger partial charge in [0, 0.05) is 22.4 Å². The molecule has 2 rings (SSSR count). The predicted octanol–water partition coefficient (Wildman–Crippen LogP) is 1.99. The van der Waals surface area contributed by atoms with Crippen molar-refractivity contribution in [2.45, 2.75) is 63.5 Å². The van der Waals surface area contributed by atoms with Gasteiger partial charge in [-0.1, -0.05) is 18.0 Å². The molecule has 5 nitrogen and oxygen atoms in total. The Bertz CT molecular complexity index is 487. The highest BCUT2D eigenvalue weighted by Gasteiger charge is 2.25. The van der Waals surface area contributed by atoms with Gasteiger partial charge >= 0.3 is 0 Å². The number of carbonyl (C=O) groups is 1. The Morgan fingerprint density at radius 1 is 1.45 bits per heavy atom. The van der Waals surface area contributed by atoms with E-state index in [1.807, 2.05) is 6.92 Å². The molecule has 1 amide bonds. The molecule has 1 aliphatic rings. The van der Waals surface area contributed by atoms with Crippen molar-refractivity contribution in [2.75, 3.05) is 0 Å². The lowest BCUT2D eigenvalue weighted by Gasteiger charge is -2.16. The summed E-state index contributed by atoms with van der Waals surface area (Å²) in [6.07, 6.45) is 4.41. The molecule has 6 heteroatoms. The first-order valence-corrected chi connectivity index (χ1v) is 8.46. The van der Waals surface area contributed by atoms with Crippen molar-refractivity contribution in [3.8, 4) is 0 Å². The molecule has 1 heterocycles. The molecule has 1 N–H and O–H groups in total. The maximum atomic E-state index is 12.3. The van der Waals surface area contributed by atoms with Crippen molar-refractivity contribution < 1.29 is 13.5 Å². The summed E-state index contributed by atoms with van der Waals surface area (Å²) in [6.45, 7) is 5.35. The molecule has 0 spiro atoms. The number of aromatic nitrogens is 1. The molecule has 1 aliphatic carbocycles. The number of hydrogen-bond acceptors (Lipinski definition) is 4. The summed E-state index contributed by atoms with van der Waals surface area (Å²) in [4.78, 5) is 12.1. The summed E-state index contributed by atoms with van der Waals surface area (Å²) in [7, 11) is -1.26. The Morgan fingerprint density at radius 3 is 2.65 bits per heavy atom. The summed E-state index contributed by atoms with van der Waals surface area (Å²) < 4.78 is 17.4.